The molecule has 0 aromatic rings. The molecule has 3 rings (SSSR count). The van der Waals surface area contributed by atoms with Crippen LogP contribution in [0.2, 0.25) is 0 Å². The van der Waals surface area contributed by atoms with Crippen LogP contribution < -0.4 is 5.32 Å². The minimum absolute atomic E-state index is 0.212. The highest BCUT2D eigenvalue weighted by Gasteiger charge is 2.46. The molecule has 3 aliphatic rings. The molecule has 1 saturated heterocycles. The van der Waals surface area contributed by atoms with Crippen LogP contribution in [0.25, 0.3) is 0 Å². The van der Waals surface area contributed by atoms with Crippen molar-refractivity contribution in [2.24, 2.45) is 5.92 Å². The summed E-state index contributed by atoms with van der Waals surface area (Å²) in [5.41, 5.74) is -0.212. The molecule has 0 spiro atoms. The Kier molecular flexibility index (Phi) is 3.57. The van der Waals surface area contributed by atoms with Crippen molar-refractivity contribution < 1.29 is 0 Å². The van der Waals surface area contributed by atoms with Gasteiger partial charge in [0.1, 0.15) is 5.54 Å². The van der Waals surface area contributed by atoms with E-state index in [2.05, 4.69) is 30.1 Å². The van der Waals surface area contributed by atoms with Gasteiger partial charge in [0.2, 0.25) is 0 Å². The first-order valence-corrected chi connectivity index (χ1v) is 8.08. The van der Waals surface area contributed by atoms with Gasteiger partial charge in [-0.1, -0.05) is 13.8 Å². The fourth-order valence-electron chi connectivity index (χ4n) is 4.17. The first-order valence-electron chi connectivity index (χ1n) is 8.08. The van der Waals surface area contributed by atoms with Crippen molar-refractivity contribution in [3.05, 3.63) is 0 Å². The normalized spacial score (nSPS) is 39.9. The van der Waals surface area contributed by atoms with Crippen molar-refractivity contribution >= 4 is 0 Å². The Morgan fingerprint density at radius 3 is 2.68 bits per heavy atom. The highest BCUT2D eigenvalue weighted by molar-refractivity contribution is 5.16. The molecular formula is C16H27N3. The highest BCUT2D eigenvalue weighted by Crippen LogP contribution is 2.39. The number of nitriles is 1. The van der Waals surface area contributed by atoms with Crippen LogP contribution in [0.5, 0.6) is 0 Å². The minimum atomic E-state index is -0.212. The molecule has 0 aromatic heterocycles. The quantitative estimate of drug-likeness (QED) is 0.845. The molecule has 3 fully saturated rings. The Morgan fingerprint density at radius 2 is 2.05 bits per heavy atom. The molecule has 3 heteroatoms. The zero-order valence-electron chi connectivity index (χ0n) is 12.4. The fourth-order valence-corrected chi connectivity index (χ4v) is 4.17. The van der Waals surface area contributed by atoms with Crippen LogP contribution >= 0.6 is 0 Å². The van der Waals surface area contributed by atoms with Gasteiger partial charge in [-0.3, -0.25) is 10.2 Å². The third-order valence-electron chi connectivity index (χ3n) is 5.34. The first kappa shape index (κ1) is 13.4. The van der Waals surface area contributed by atoms with Gasteiger partial charge in [0.25, 0.3) is 0 Å². The summed E-state index contributed by atoms with van der Waals surface area (Å²) in [4.78, 5) is 2.72. The molecule has 106 valence electrons. The maximum atomic E-state index is 9.60. The van der Waals surface area contributed by atoms with Crippen LogP contribution in [0.15, 0.2) is 0 Å². The van der Waals surface area contributed by atoms with Gasteiger partial charge in [-0.25, -0.2) is 0 Å². The summed E-state index contributed by atoms with van der Waals surface area (Å²) < 4.78 is 0. The molecule has 0 aromatic carbocycles. The van der Waals surface area contributed by atoms with Gasteiger partial charge in [-0.05, 0) is 57.4 Å². The lowest BCUT2D eigenvalue weighted by molar-refractivity contribution is 0.143. The van der Waals surface area contributed by atoms with E-state index in [0.717, 1.165) is 24.8 Å². The van der Waals surface area contributed by atoms with Crippen LogP contribution in [-0.4, -0.2) is 35.1 Å². The second kappa shape index (κ2) is 5.07. The second-order valence-electron chi connectivity index (χ2n) is 7.20. The summed E-state index contributed by atoms with van der Waals surface area (Å²) >= 11 is 0. The van der Waals surface area contributed by atoms with E-state index in [9.17, 15) is 5.26 Å². The number of likely N-dealkylation sites (tertiary alicyclic amines) is 1. The molecule has 2 aliphatic carbocycles. The average Bonchev–Trinajstić information content (AvgIpc) is 2.93. The summed E-state index contributed by atoms with van der Waals surface area (Å²) in [6, 6.07) is 4.64. The maximum absolute atomic E-state index is 9.60. The van der Waals surface area contributed by atoms with E-state index in [0.29, 0.717) is 12.1 Å². The second-order valence-corrected chi connectivity index (χ2v) is 7.20. The van der Waals surface area contributed by atoms with Gasteiger partial charge in [-0.15, -0.1) is 0 Å². The summed E-state index contributed by atoms with van der Waals surface area (Å²) in [6.07, 6.45) is 8.53. The van der Waals surface area contributed by atoms with E-state index in [4.69, 9.17) is 0 Å². The molecule has 1 heterocycles. The van der Waals surface area contributed by atoms with E-state index >= 15 is 0 Å². The van der Waals surface area contributed by atoms with Crippen LogP contribution in [0.3, 0.4) is 0 Å². The molecule has 0 bridgehead atoms. The third-order valence-corrected chi connectivity index (χ3v) is 5.34. The van der Waals surface area contributed by atoms with Crippen molar-refractivity contribution in [2.75, 3.05) is 6.54 Å². The van der Waals surface area contributed by atoms with E-state index in [-0.39, 0.29) is 5.54 Å². The molecule has 3 atom stereocenters. The third kappa shape index (κ3) is 2.66. The smallest absolute Gasteiger partial charge is 0.108 e. The van der Waals surface area contributed by atoms with Gasteiger partial charge in [0, 0.05) is 18.1 Å². The van der Waals surface area contributed by atoms with E-state index < -0.39 is 0 Å². The van der Waals surface area contributed by atoms with Crippen LogP contribution in [0.4, 0.5) is 0 Å². The number of hydrogen-bond acceptors (Lipinski definition) is 3. The maximum Gasteiger partial charge on any atom is 0.108 e. The first-order chi connectivity index (χ1) is 9.13. The van der Waals surface area contributed by atoms with E-state index in [1.165, 1.54) is 38.6 Å². The Morgan fingerprint density at radius 1 is 1.26 bits per heavy atom. The van der Waals surface area contributed by atoms with Crippen LogP contribution in [0.1, 0.15) is 58.8 Å². The van der Waals surface area contributed by atoms with Gasteiger partial charge in [-0.2, -0.15) is 5.26 Å². The monoisotopic (exact) mass is 261 g/mol. The van der Waals surface area contributed by atoms with Crippen molar-refractivity contribution in [2.45, 2.75) is 82.5 Å². The van der Waals surface area contributed by atoms with Crippen molar-refractivity contribution in [1.82, 2.24) is 10.2 Å². The Hall–Kier alpha value is -0.590. The van der Waals surface area contributed by atoms with Gasteiger partial charge in [0.15, 0.2) is 0 Å². The number of hydrogen-bond donors (Lipinski definition) is 1. The van der Waals surface area contributed by atoms with Crippen molar-refractivity contribution in [3.8, 4) is 6.07 Å². The molecule has 0 radical (unpaired) electrons. The van der Waals surface area contributed by atoms with Crippen molar-refractivity contribution in [3.63, 3.8) is 0 Å². The zero-order chi connectivity index (χ0) is 13.5. The molecule has 3 nitrogen and oxygen atoms in total. The predicted molar refractivity (Wildman–Crippen MR) is 76.7 cm³/mol. The van der Waals surface area contributed by atoms with Gasteiger partial charge in [0.05, 0.1) is 6.07 Å². The topological polar surface area (TPSA) is 39.1 Å². The summed E-state index contributed by atoms with van der Waals surface area (Å²) in [6.45, 7) is 5.94. The SMILES string of the molecule is CC(C)C1CCCN1C1CCC(C#N)(NC2CC2)C1. The predicted octanol–water partition coefficient (Wildman–Crippen LogP) is 2.67. The summed E-state index contributed by atoms with van der Waals surface area (Å²) in [5.74, 6) is 0.746. The van der Waals surface area contributed by atoms with Crippen molar-refractivity contribution in [1.29, 1.82) is 5.26 Å². The standard InChI is InChI=1S/C16H27N3/c1-12(2)15-4-3-9-19(15)14-7-8-16(10-14,11-17)18-13-5-6-13/h12-15,18H,3-10H2,1-2H3. The lowest BCUT2D eigenvalue weighted by Crippen LogP contribution is -2.46. The molecule has 1 aliphatic heterocycles. The lowest BCUT2D eigenvalue weighted by atomic mass is 9.97. The zero-order valence-corrected chi connectivity index (χ0v) is 12.4. The highest BCUT2D eigenvalue weighted by atomic mass is 15.2. The number of rotatable bonds is 4. The van der Waals surface area contributed by atoms with Crippen LogP contribution in [0, 0.1) is 17.2 Å². The Bertz CT molecular complexity index is 369. The molecule has 1 N–H and O–H groups in total. The fraction of sp³-hybridized carbons (Fsp3) is 0.938. The summed E-state index contributed by atoms with van der Waals surface area (Å²) in [7, 11) is 0. The molecule has 3 unspecified atom stereocenters. The minimum Gasteiger partial charge on any atom is -0.297 e. The van der Waals surface area contributed by atoms with E-state index in [1.54, 1.807) is 0 Å². The molecule has 2 saturated carbocycles. The molecule has 0 amide bonds. The average molecular weight is 261 g/mol. The Labute approximate surface area is 117 Å². The molecular weight excluding hydrogens is 234 g/mol. The molecule has 19 heavy (non-hydrogen) atoms. The van der Waals surface area contributed by atoms with Gasteiger partial charge < -0.3 is 0 Å². The van der Waals surface area contributed by atoms with Gasteiger partial charge >= 0.3 is 0 Å². The lowest BCUT2D eigenvalue weighted by Gasteiger charge is -2.34. The van der Waals surface area contributed by atoms with Crippen LogP contribution in [-0.2, 0) is 0 Å². The number of nitrogens with zero attached hydrogens (tertiary/aromatic N) is 2. The Balaban J connectivity index is 1.65. The number of nitrogens with one attached hydrogen (secondary N) is 1. The van der Waals surface area contributed by atoms with E-state index in [1.807, 2.05) is 0 Å². The summed E-state index contributed by atoms with van der Waals surface area (Å²) in [5, 5.41) is 13.2. The largest absolute Gasteiger partial charge is 0.297 e.